The van der Waals surface area contributed by atoms with Crippen LogP contribution in [-0.4, -0.2) is 43.5 Å². The molecule has 2 aromatic rings. The van der Waals surface area contributed by atoms with Crippen molar-refractivity contribution in [3.05, 3.63) is 35.6 Å². The third-order valence-corrected chi connectivity index (χ3v) is 3.45. The van der Waals surface area contributed by atoms with E-state index >= 15 is 0 Å². The smallest absolute Gasteiger partial charge is 0.372 e. The van der Waals surface area contributed by atoms with E-state index in [2.05, 4.69) is 5.32 Å². The number of furan rings is 1. The Labute approximate surface area is 121 Å². The first-order chi connectivity index (χ1) is 10.3. The number of fused-ring (bicyclic) bond motifs is 1. The first-order valence-corrected chi connectivity index (χ1v) is 6.89. The molecule has 1 fully saturated rings. The summed E-state index contributed by atoms with van der Waals surface area (Å²) in [5.41, 5.74) is 1.25. The first kappa shape index (κ1) is 14.1. The van der Waals surface area contributed by atoms with Crippen molar-refractivity contribution in [1.29, 1.82) is 0 Å². The highest BCUT2D eigenvalue weighted by molar-refractivity contribution is 5.95. The van der Waals surface area contributed by atoms with Crippen LogP contribution in [0.5, 0.6) is 0 Å². The number of rotatable bonds is 5. The molecule has 21 heavy (non-hydrogen) atoms. The Bertz CT molecular complexity index is 630. The predicted molar refractivity (Wildman–Crippen MR) is 75.4 cm³/mol. The standard InChI is InChI=1S/C15H17NO5/c17-15(18)14-12(11-3-1-2-4-13(11)21-14)8-16-7-10-9-19-5-6-20-10/h1-4,10,16H,5-9H2,(H,17,18). The minimum atomic E-state index is -1.06. The van der Waals surface area contributed by atoms with Gasteiger partial charge >= 0.3 is 5.97 Å². The lowest BCUT2D eigenvalue weighted by Crippen LogP contribution is -2.37. The summed E-state index contributed by atoms with van der Waals surface area (Å²) in [5, 5.41) is 13.3. The van der Waals surface area contributed by atoms with Crippen LogP contribution in [0.15, 0.2) is 28.7 Å². The number of ether oxygens (including phenoxy) is 2. The maximum absolute atomic E-state index is 11.3. The Morgan fingerprint density at radius 1 is 1.33 bits per heavy atom. The lowest BCUT2D eigenvalue weighted by atomic mass is 10.1. The molecule has 1 aromatic carbocycles. The number of carboxylic acids is 1. The molecule has 1 atom stereocenters. The number of hydrogen-bond acceptors (Lipinski definition) is 5. The van der Waals surface area contributed by atoms with E-state index in [9.17, 15) is 9.90 Å². The third kappa shape index (κ3) is 3.07. The summed E-state index contributed by atoms with van der Waals surface area (Å²) in [6.07, 6.45) is 0.00481. The van der Waals surface area contributed by atoms with Crippen LogP contribution in [0.3, 0.4) is 0 Å². The molecule has 6 nitrogen and oxygen atoms in total. The van der Waals surface area contributed by atoms with Crippen molar-refractivity contribution >= 4 is 16.9 Å². The van der Waals surface area contributed by atoms with Gasteiger partial charge in [-0.25, -0.2) is 4.79 Å². The van der Waals surface area contributed by atoms with Crippen molar-refractivity contribution in [3.63, 3.8) is 0 Å². The molecule has 2 N–H and O–H groups in total. The summed E-state index contributed by atoms with van der Waals surface area (Å²) in [5.74, 6) is -1.07. The largest absolute Gasteiger partial charge is 0.475 e. The van der Waals surface area contributed by atoms with E-state index in [-0.39, 0.29) is 11.9 Å². The predicted octanol–water partition coefficient (Wildman–Crippen LogP) is 1.64. The van der Waals surface area contributed by atoms with Crippen LogP contribution in [-0.2, 0) is 16.0 Å². The van der Waals surface area contributed by atoms with Crippen molar-refractivity contribution in [1.82, 2.24) is 5.32 Å². The fourth-order valence-electron chi connectivity index (χ4n) is 2.46. The summed E-state index contributed by atoms with van der Waals surface area (Å²) in [6, 6.07) is 7.32. The molecule has 3 rings (SSSR count). The zero-order valence-electron chi connectivity index (χ0n) is 11.5. The zero-order chi connectivity index (χ0) is 14.7. The Morgan fingerprint density at radius 3 is 2.95 bits per heavy atom. The topological polar surface area (TPSA) is 80.9 Å². The van der Waals surface area contributed by atoms with Crippen LogP contribution in [0.1, 0.15) is 16.1 Å². The van der Waals surface area contributed by atoms with Crippen LogP contribution in [0.25, 0.3) is 11.0 Å². The average Bonchev–Trinajstić information content (AvgIpc) is 2.88. The monoisotopic (exact) mass is 291 g/mol. The lowest BCUT2D eigenvalue weighted by molar-refractivity contribution is -0.0864. The molecule has 0 radical (unpaired) electrons. The van der Waals surface area contributed by atoms with E-state index in [0.717, 1.165) is 5.39 Å². The van der Waals surface area contributed by atoms with E-state index < -0.39 is 5.97 Å². The van der Waals surface area contributed by atoms with Gasteiger partial charge in [-0.05, 0) is 6.07 Å². The summed E-state index contributed by atoms with van der Waals surface area (Å²) in [4.78, 5) is 11.3. The molecule has 6 heteroatoms. The van der Waals surface area contributed by atoms with Gasteiger partial charge in [-0.15, -0.1) is 0 Å². The van der Waals surface area contributed by atoms with Gasteiger partial charge in [0.15, 0.2) is 0 Å². The van der Waals surface area contributed by atoms with Gasteiger partial charge < -0.3 is 24.3 Å². The highest BCUT2D eigenvalue weighted by atomic mass is 16.6. The van der Waals surface area contributed by atoms with Crippen LogP contribution in [0.4, 0.5) is 0 Å². The van der Waals surface area contributed by atoms with Gasteiger partial charge in [0.2, 0.25) is 5.76 Å². The summed E-state index contributed by atoms with van der Waals surface area (Å²) < 4.78 is 16.3. The van der Waals surface area contributed by atoms with Crippen LogP contribution in [0.2, 0.25) is 0 Å². The highest BCUT2D eigenvalue weighted by Gasteiger charge is 2.20. The van der Waals surface area contributed by atoms with Gasteiger partial charge in [0, 0.05) is 24.0 Å². The third-order valence-electron chi connectivity index (χ3n) is 3.45. The number of aromatic carboxylic acids is 1. The molecule has 0 saturated carbocycles. The quantitative estimate of drug-likeness (QED) is 0.871. The molecular weight excluding hydrogens is 274 g/mol. The SMILES string of the molecule is O=C(O)c1oc2ccccc2c1CNCC1COCCO1. The Kier molecular flexibility index (Phi) is 4.19. The van der Waals surface area contributed by atoms with Gasteiger partial charge in [-0.1, -0.05) is 18.2 Å². The average molecular weight is 291 g/mol. The summed E-state index contributed by atoms with van der Waals surface area (Å²) >= 11 is 0. The second-order valence-electron chi connectivity index (χ2n) is 4.91. The zero-order valence-corrected chi connectivity index (χ0v) is 11.5. The Morgan fingerprint density at radius 2 is 2.19 bits per heavy atom. The molecule has 1 aliphatic heterocycles. The van der Waals surface area contributed by atoms with Gasteiger partial charge in [0.1, 0.15) is 5.58 Å². The number of hydrogen-bond donors (Lipinski definition) is 2. The normalized spacial score (nSPS) is 19.0. The first-order valence-electron chi connectivity index (χ1n) is 6.89. The van der Waals surface area contributed by atoms with E-state index in [1.165, 1.54) is 0 Å². The van der Waals surface area contributed by atoms with Crippen molar-refractivity contribution in [2.45, 2.75) is 12.6 Å². The maximum atomic E-state index is 11.3. The van der Waals surface area contributed by atoms with Crippen molar-refractivity contribution < 1.29 is 23.8 Å². The van der Waals surface area contributed by atoms with Gasteiger partial charge in [0.25, 0.3) is 0 Å². The molecule has 2 heterocycles. The number of carboxylic acid groups (broad SMARTS) is 1. The van der Waals surface area contributed by atoms with Gasteiger partial charge in [-0.2, -0.15) is 0 Å². The van der Waals surface area contributed by atoms with E-state index in [1.807, 2.05) is 18.2 Å². The second kappa shape index (κ2) is 6.26. The minimum absolute atomic E-state index is 0.00481. The Hall–Kier alpha value is -1.89. The number of para-hydroxylation sites is 1. The molecule has 1 unspecified atom stereocenters. The van der Waals surface area contributed by atoms with Gasteiger partial charge in [-0.3, -0.25) is 0 Å². The van der Waals surface area contributed by atoms with E-state index in [4.69, 9.17) is 13.9 Å². The number of carbonyl (C=O) groups is 1. The van der Waals surface area contributed by atoms with Crippen molar-refractivity contribution in [2.24, 2.45) is 0 Å². The fraction of sp³-hybridized carbons (Fsp3) is 0.400. The molecule has 1 saturated heterocycles. The molecule has 0 bridgehead atoms. The van der Waals surface area contributed by atoms with Crippen LogP contribution >= 0.6 is 0 Å². The second-order valence-corrected chi connectivity index (χ2v) is 4.91. The molecule has 0 aliphatic carbocycles. The lowest BCUT2D eigenvalue weighted by Gasteiger charge is -2.23. The van der Waals surface area contributed by atoms with Crippen molar-refractivity contribution in [2.75, 3.05) is 26.4 Å². The number of benzene rings is 1. The minimum Gasteiger partial charge on any atom is -0.475 e. The number of nitrogens with one attached hydrogen (secondary N) is 1. The highest BCUT2D eigenvalue weighted by Crippen LogP contribution is 2.25. The van der Waals surface area contributed by atoms with E-state index in [1.54, 1.807) is 6.07 Å². The van der Waals surface area contributed by atoms with Crippen LogP contribution in [0, 0.1) is 0 Å². The molecule has 0 spiro atoms. The molecular formula is C15H17NO5. The molecule has 1 aliphatic rings. The molecule has 112 valence electrons. The fourth-order valence-corrected chi connectivity index (χ4v) is 2.46. The van der Waals surface area contributed by atoms with E-state index in [0.29, 0.717) is 44.1 Å². The van der Waals surface area contributed by atoms with Crippen LogP contribution < -0.4 is 5.32 Å². The summed E-state index contributed by atoms with van der Waals surface area (Å²) in [7, 11) is 0. The van der Waals surface area contributed by atoms with Crippen molar-refractivity contribution in [3.8, 4) is 0 Å². The summed E-state index contributed by atoms with van der Waals surface area (Å²) in [6.45, 7) is 2.81. The Balaban J connectivity index is 1.72. The molecule has 1 aromatic heterocycles. The molecule has 0 amide bonds. The van der Waals surface area contributed by atoms with Gasteiger partial charge in [0.05, 0.1) is 25.9 Å². The maximum Gasteiger partial charge on any atom is 0.372 e.